The molecule has 0 rings (SSSR count). The Labute approximate surface area is 426 Å². The number of esters is 2. The second kappa shape index (κ2) is 50.6. The minimum Gasteiger partial charge on any atom is -0.756 e. The van der Waals surface area contributed by atoms with Gasteiger partial charge in [-0.25, -0.2) is 0 Å². The first kappa shape index (κ1) is 66.7. The number of quaternary nitrogens is 1. The van der Waals surface area contributed by atoms with Crippen LogP contribution in [0.3, 0.4) is 0 Å². The molecule has 10 heteroatoms. The molecule has 402 valence electrons. The largest absolute Gasteiger partial charge is 0.756 e. The zero-order valence-corrected chi connectivity index (χ0v) is 46.4. The van der Waals surface area contributed by atoms with E-state index in [1.807, 2.05) is 21.1 Å². The lowest BCUT2D eigenvalue weighted by Gasteiger charge is -2.28. The molecule has 2 unspecified atom stereocenters. The molecule has 0 heterocycles. The topological polar surface area (TPSA) is 111 Å². The van der Waals surface area contributed by atoms with E-state index in [0.29, 0.717) is 17.4 Å². The Morgan fingerprint density at radius 1 is 0.464 bits per heavy atom. The SMILES string of the molecule is CC/C=C\C/C=C\C/C=C\C/C=C\C/C=C\CCCCCC(=O)OC(COC(=O)CCCCCCCCCCCCCCCCCCCCCCCCCCCC)COP(=O)([O-])OCC[N+](C)(C)C. The molecule has 0 amide bonds. The van der Waals surface area contributed by atoms with Crippen molar-refractivity contribution in [2.24, 2.45) is 0 Å². The van der Waals surface area contributed by atoms with Crippen LogP contribution in [0.2, 0.25) is 0 Å². The van der Waals surface area contributed by atoms with Crippen LogP contribution in [-0.2, 0) is 32.7 Å². The molecule has 0 saturated carbocycles. The van der Waals surface area contributed by atoms with Gasteiger partial charge in [-0.1, -0.05) is 242 Å². The zero-order chi connectivity index (χ0) is 50.6. The normalized spacial score (nSPS) is 13.8. The second-order valence-corrected chi connectivity index (χ2v) is 21.7. The van der Waals surface area contributed by atoms with Crippen molar-refractivity contribution in [3.8, 4) is 0 Å². The van der Waals surface area contributed by atoms with Crippen molar-refractivity contribution in [1.29, 1.82) is 0 Å². The molecule has 0 N–H and O–H groups in total. The standard InChI is InChI=1S/C59H108NO8P/c1-6-8-10-12-14-16-18-20-22-24-26-27-28-29-30-31-32-34-35-37-39-41-43-45-47-49-51-58(61)65-55-57(56-67-69(63,64)66-54-53-60(3,4)5)68-59(62)52-50-48-46-44-42-40-38-36-33-25-23-21-19-17-15-13-11-9-7-2/h9,11,15,17,21,23,33,36,40,42,57H,6-8,10,12-14,16,18-20,22,24-32,34-35,37-39,41,43-56H2,1-5H3/b11-9-,17-15-,23-21-,36-33-,42-40-. The Kier molecular flexibility index (Phi) is 49.0. The molecule has 0 aliphatic rings. The maximum absolute atomic E-state index is 12.8. The Bertz CT molecular complexity index is 1350. The van der Waals surface area contributed by atoms with E-state index in [1.165, 1.54) is 148 Å². The summed E-state index contributed by atoms with van der Waals surface area (Å²) in [5.74, 6) is -0.864. The lowest BCUT2D eigenvalue weighted by Crippen LogP contribution is -2.37. The average molecular weight is 990 g/mol. The van der Waals surface area contributed by atoms with Gasteiger partial charge in [0.1, 0.15) is 19.8 Å². The number of carbonyl (C=O) groups is 2. The minimum absolute atomic E-state index is 0.0387. The third kappa shape index (κ3) is 54.9. The molecule has 0 fully saturated rings. The van der Waals surface area contributed by atoms with Crippen molar-refractivity contribution >= 4 is 19.8 Å². The fourth-order valence-electron chi connectivity index (χ4n) is 7.92. The number of allylic oxidation sites excluding steroid dienone is 10. The molecule has 9 nitrogen and oxygen atoms in total. The van der Waals surface area contributed by atoms with Crippen molar-refractivity contribution < 1.29 is 42.1 Å². The lowest BCUT2D eigenvalue weighted by molar-refractivity contribution is -0.870. The summed E-state index contributed by atoms with van der Waals surface area (Å²) in [7, 11) is 1.14. The van der Waals surface area contributed by atoms with E-state index >= 15 is 0 Å². The first-order chi connectivity index (χ1) is 33.5. The molecule has 0 bridgehead atoms. The summed E-state index contributed by atoms with van der Waals surface area (Å²) in [5, 5.41) is 0. The van der Waals surface area contributed by atoms with Crippen LogP contribution < -0.4 is 4.89 Å². The quantitative estimate of drug-likeness (QED) is 0.0195. The zero-order valence-electron chi connectivity index (χ0n) is 45.5. The van der Waals surface area contributed by atoms with Gasteiger partial charge in [-0.05, 0) is 57.8 Å². The number of ether oxygens (including phenoxy) is 2. The fourth-order valence-corrected chi connectivity index (χ4v) is 8.65. The summed E-state index contributed by atoms with van der Waals surface area (Å²) in [6.07, 6.45) is 64.2. The Morgan fingerprint density at radius 2 is 0.826 bits per heavy atom. The van der Waals surface area contributed by atoms with E-state index in [0.717, 1.165) is 70.6 Å². The molecule has 0 spiro atoms. The molecule has 0 aromatic rings. The van der Waals surface area contributed by atoms with E-state index in [4.69, 9.17) is 18.5 Å². The van der Waals surface area contributed by atoms with Crippen LogP contribution in [-0.4, -0.2) is 70.0 Å². The van der Waals surface area contributed by atoms with Crippen LogP contribution in [0.1, 0.15) is 251 Å². The van der Waals surface area contributed by atoms with Crippen LogP contribution in [0.25, 0.3) is 0 Å². The van der Waals surface area contributed by atoms with Gasteiger partial charge in [0.2, 0.25) is 0 Å². The van der Waals surface area contributed by atoms with Crippen molar-refractivity contribution in [2.45, 2.75) is 258 Å². The van der Waals surface area contributed by atoms with E-state index in [-0.39, 0.29) is 32.0 Å². The van der Waals surface area contributed by atoms with Crippen LogP contribution >= 0.6 is 7.82 Å². The average Bonchev–Trinajstić information content (AvgIpc) is 3.31. The fraction of sp³-hybridized carbons (Fsp3) is 0.797. The highest BCUT2D eigenvalue weighted by Gasteiger charge is 2.21. The number of unbranched alkanes of at least 4 members (excludes halogenated alkanes) is 28. The summed E-state index contributed by atoms with van der Waals surface area (Å²) in [6.45, 7) is 4.11. The maximum atomic E-state index is 12.8. The smallest absolute Gasteiger partial charge is 0.306 e. The number of hydrogen-bond donors (Lipinski definition) is 0. The maximum Gasteiger partial charge on any atom is 0.306 e. The molecular weight excluding hydrogens is 882 g/mol. The summed E-state index contributed by atoms with van der Waals surface area (Å²) < 4.78 is 34.1. The highest BCUT2D eigenvalue weighted by atomic mass is 31.2. The second-order valence-electron chi connectivity index (χ2n) is 20.3. The molecule has 0 radical (unpaired) electrons. The predicted octanol–water partition coefficient (Wildman–Crippen LogP) is 16.9. The summed E-state index contributed by atoms with van der Waals surface area (Å²) in [4.78, 5) is 37.8. The van der Waals surface area contributed by atoms with Gasteiger partial charge < -0.3 is 27.9 Å². The number of hydrogen-bond acceptors (Lipinski definition) is 8. The van der Waals surface area contributed by atoms with E-state index < -0.39 is 26.5 Å². The highest BCUT2D eigenvalue weighted by Crippen LogP contribution is 2.38. The van der Waals surface area contributed by atoms with Crippen LogP contribution in [0.4, 0.5) is 0 Å². The number of likely N-dealkylation sites (N-methyl/N-ethyl adjacent to an activating group) is 1. The van der Waals surface area contributed by atoms with Gasteiger partial charge in [0, 0.05) is 12.8 Å². The molecule has 0 aliphatic heterocycles. The van der Waals surface area contributed by atoms with E-state index in [9.17, 15) is 19.0 Å². The van der Waals surface area contributed by atoms with E-state index in [1.54, 1.807) is 0 Å². The minimum atomic E-state index is -4.64. The first-order valence-electron chi connectivity index (χ1n) is 28.5. The summed E-state index contributed by atoms with van der Waals surface area (Å²) in [5.41, 5.74) is 0. The third-order valence-corrected chi connectivity index (χ3v) is 13.3. The molecule has 0 saturated heterocycles. The van der Waals surface area contributed by atoms with Gasteiger partial charge in [-0.3, -0.25) is 14.2 Å². The number of carbonyl (C=O) groups excluding carboxylic acids is 2. The van der Waals surface area contributed by atoms with Crippen molar-refractivity contribution in [3.05, 3.63) is 60.8 Å². The highest BCUT2D eigenvalue weighted by molar-refractivity contribution is 7.45. The van der Waals surface area contributed by atoms with Gasteiger partial charge in [0.05, 0.1) is 27.7 Å². The third-order valence-electron chi connectivity index (χ3n) is 12.3. The summed E-state index contributed by atoms with van der Waals surface area (Å²) >= 11 is 0. The molecule has 0 aromatic carbocycles. The van der Waals surface area contributed by atoms with Crippen molar-refractivity contribution in [3.63, 3.8) is 0 Å². The first-order valence-corrected chi connectivity index (χ1v) is 30.0. The number of rotatable bonds is 52. The Morgan fingerprint density at radius 3 is 1.23 bits per heavy atom. The van der Waals surface area contributed by atoms with Gasteiger partial charge in [-0.15, -0.1) is 0 Å². The molecular formula is C59H108NO8P. The van der Waals surface area contributed by atoms with Crippen LogP contribution in [0.15, 0.2) is 60.8 Å². The monoisotopic (exact) mass is 990 g/mol. The molecule has 0 aromatic heterocycles. The van der Waals surface area contributed by atoms with Crippen molar-refractivity contribution in [2.75, 3.05) is 47.5 Å². The number of phosphoric ester groups is 1. The Hall–Kier alpha value is -2.29. The van der Waals surface area contributed by atoms with Gasteiger partial charge in [-0.2, -0.15) is 0 Å². The number of phosphoric acid groups is 1. The Balaban J connectivity index is 4.17. The van der Waals surface area contributed by atoms with Gasteiger partial charge in [0.25, 0.3) is 7.82 Å². The van der Waals surface area contributed by atoms with Crippen molar-refractivity contribution in [1.82, 2.24) is 0 Å². The van der Waals surface area contributed by atoms with Gasteiger partial charge in [0.15, 0.2) is 6.10 Å². The van der Waals surface area contributed by atoms with Crippen LogP contribution in [0, 0.1) is 0 Å². The molecule has 2 atom stereocenters. The van der Waals surface area contributed by atoms with Crippen LogP contribution in [0.5, 0.6) is 0 Å². The predicted molar refractivity (Wildman–Crippen MR) is 291 cm³/mol. The van der Waals surface area contributed by atoms with Gasteiger partial charge >= 0.3 is 11.9 Å². The summed E-state index contributed by atoms with van der Waals surface area (Å²) in [6, 6.07) is 0. The van der Waals surface area contributed by atoms with E-state index in [2.05, 4.69) is 74.6 Å². The number of nitrogens with zero attached hydrogens (tertiary/aromatic N) is 1. The molecule has 0 aliphatic carbocycles. The molecule has 69 heavy (non-hydrogen) atoms. The lowest BCUT2D eigenvalue weighted by atomic mass is 10.0.